The second-order valence-corrected chi connectivity index (χ2v) is 5.74. The molecule has 0 bridgehead atoms. The highest BCUT2D eigenvalue weighted by molar-refractivity contribution is 7.99. The average molecular weight is 399 g/mol. The number of hydrogen-bond donors (Lipinski definition) is 3. The number of hydrogen-bond acceptors (Lipinski definition) is 10. The van der Waals surface area contributed by atoms with Crippen molar-refractivity contribution in [3.63, 3.8) is 0 Å². The third-order valence-corrected chi connectivity index (χ3v) is 4.01. The topological polar surface area (TPSA) is 175 Å². The van der Waals surface area contributed by atoms with Crippen molar-refractivity contribution in [2.45, 2.75) is 16.1 Å². The van der Waals surface area contributed by atoms with Gasteiger partial charge in [0.25, 0.3) is 0 Å². The van der Waals surface area contributed by atoms with E-state index in [2.05, 4.69) is 22.6 Å². The van der Waals surface area contributed by atoms with Crippen LogP contribution in [-0.4, -0.2) is 42.7 Å². The number of thiol groups is 1. The standard InChI is InChI=1S/C10H6N4O4S.C3H7NO2S/c15-13(16)7-3-1-5-11-9(7)19-10-8(14(17)18)4-2-6-12-10;4-2(1-7)3(5)6/h1-6H;2,7H,1,4H2,(H,5,6)/t;2-/m.0/s1. The third kappa shape index (κ3) is 6.27. The molecule has 2 aromatic heterocycles. The maximum absolute atomic E-state index is 10.8. The summed E-state index contributed by atoms with van der Waals surface area (Å²) in [4.78, 5) is 37.9. The van der Waals surface area contributed by atoms with Gasteiger partial charge in [0.2, 0.25) is 0 Å². The zero-order chi connectivity index (χ0) is 19.7. The number of nitrogens with two attached hydrogens (primary N) is 1. The lowest BCUT2D eigenvalue weighted by Gasteiger charge is -2.01. The Balaban J connectivity index is 0.000000412. The first-order valence-corrected chi connectivity index (χ1v) is 8.18. The SMILES string of the molecule is N[C@@H](CS)C(=O)O.O=[N+]([O-])c1cccnc1Sc1ncccc1[N+](=O)[O-]. The van der Waals surface area contributed by atoms with E-state index < -0.39 is 21.9 Å². The minimum absolute atomic E-state index is 0.0642. The van der Waals surface area contributed by atoms with Crippen molar-refractivity contribution in [3.8, 4) is 0 Å². The molecule has 0 amide bonds. The summed E-state index contributed by atoms with van der Waals surface area (Å²) >= 11 is 4.44. The van der Waals surface area contributed by atoms with Gasteiger partial charge in [-0.2, -0.15) is 12.6 Å². The molecular weight excluding hydrogens is 386 g/mol. The van der Waals surface area contributed by atoms with Crippen molar-refractivity contribution < 1.29 is 19.7 Å². The molecule has 0 spiro atoms. The van der Waals surface area contributed by atoms with Gasteiger partial charge in [-0.05, 0) is 23.9 Å². The first-order valence-electron chi connectivity index (χ1n) is 6.73. The average Bonchev–Trinajstić information content (AvgIpc) is 2.62. The molecule has 26 heavy (non-hydrogen) atoms. The zero-order valence-corrected chi connectivity index (χ0v) is 14.7. The normalized spacial score (nSPS) is 11.0. The molecule has 2 aromatic rings. The van der Waals surface area contributed by atoms with Crippen LogP contribution in [0, 0.1) is 20.2 Å². The quantitative estimate of drug-likeness (QED) is 0.368. The van der Waals surface area contributed by atoms with E-state index in [4.69, 9.17) is 10.8 Å². The summed E-state index contributed by atoms with van der Waals surface area (Å²) in [6.07, 6.45) is 2.76. The van der Waals surface area contributed by atoms with Crippen LogP contribution >= 0.6 is 24.4 Å². The number of rotatable bonds is 6. The maximum Gasteiger partial charge on any atom is 0.321 e. The van der Waals surface area contributed by atoms with Crippen molar-refractivity contribution in [1.29, 1.82) is 0 Å². The molecule has 0 aliphatic carbocycles. The predicted octanol–water partition coefficient (Wildman–Crippen LogP) is 1.77. The zero-order valence-electron chi connectivity index (χ0n) is 13.0. The maximum atomic E-state index is 10.8. The van der Waals surface area contributed by atoms with Crippen LogP contribution in [0.2, 0.25) is 0 Å². The van der Waals surface area contributed by atoms with Crippen molar-refractivity contribution in [1.82, 2.24) is 9.97 Å². The van der Waals surface area contributed by atoms with Gasteiger partial charge >= 0.3 is 17.3 Å². The van der Waals surface area contributed by atoms with Crippen LogP contribution in [0.3, 0.4) is 0 Å². The van der Waals surface area contributed by atoms with Gasteiger partial charge in [0.15, 0.2) is 10.1 Å². The van der Waals surface area contributed by atoms with Gasteiger partial charge in [0.05, 0.1) is 9.85 Å². The van der Waals surface area contributed by atoms with Crippen LogP contribution in [-0.2, 0) is 4.79 Å². The molecule has 13 heteroatoms. The van der Waals surface area contributed by atoms with Crippen LogP contribution in [0.15, 0.2) is 46.7 Å². The number of carbonyl (C=O) groups is 1. The molecule has 0 aromatic carbocycles. The fourth-order valence-corrected chi connectivity index (χ4v) is 2.43. The summed E-state index contributed by atoms with van der Waals surface area (Å²) in [7, 11) is 0. The molecule has 0 unspecified atom stereocenters. The molecule has 0 fully saturated rings. The van der Waals surface area contributed by atoms with E-state index in [-0.39, 0.29) is 27.2 Å². The molecule has 0 aliphatic rings. The second kappa shape index (κ2) is 10.3. The Hall–Kier alpha value is -2.77. The molecular formula is C13H13N5O6S2. The van der Waals surface area contributed by atoms with Gasteiger partial charge in [-0.3, -0.25) is 25.0 Å². The molecule has 0 saturated carbocycles. The Bertz CT molecular complexity index is 751. The summed E-state index contributed by atoms with van der Waals surface area (Å²) in [6, 6.07) is 4.60. The highest BCUT2D eigenvalue weighted by Gasteiger charge is 2.21. The summed E-state index contributed by atoms with van der Waals surface area (Å²) in [5.41, 5.74) is 4.51. The molecule has 2 rings (SSSR count). The number of aromatic nitrogens is 2. The van der Waals surface area contributed by atoms with E-state index >= 15 is 0 Å². The minimum atomic E-state index is -1.00. The lowest BCUT2D eigenvalue weighted by atomic mass is 10.4. The Morgan fingerprint density at radius 1 is 1.15 bits per heavy atom. The van der Waals surface area contributed by atoms with Gasteiger partial charge in [-0.15, -0.1) is 0 Å². The number of nitrogens with zero attached hydrogens (tertiary/aromatic N) is 4. The van der Waals surface area contributed by atoms with Gasteiger partial charge in [0.1, 0.15) is 6.04 Å². The fourth-order valence-electron chi connectivity index (χ4n) is 1.37. The number of pyridine rings is 2. The summed E-state index contributed by atoms with van der Waals surface area (Å²) in [5.74, 6) is -0.815. The number of nitro groups is 2. The molecule has 2 heterocycles. The molecule has 0 radical (unpaired) electrons. The van der Waals surface area contributed by atoms with E-state index in [9.17, 15) is 25.0 Å². The first-order chi connectivity index (χ1) is 12.3. The lowest BCUT2D eigenvalue weighted by Crippen LogP contribution is -2.31. The smallest absolute Gasteiger partial charge is 0.321 e. The largest absolute Gasteiger partial charge is 0.480 e. The van der Waals surface area contributed by atoms with Gasteiger partial charge < -0.3 is 10.8 Å². The Morgan fingerprint density at radius 3 is 1.85 bits per heavy atom. The molecule has 1 atom stereocenters. The Labute approximate surface area is 156 Å². The van der Waals surface area contributed by atoms with Crippen LogP contribution in [0.5, 0.6) is 0 Å². The molecule has 3 N–H and O–H groups in total. The molecule has 138 valence electrons. The van der Waals surface area contributed by atoms with Crippen molar-refractivity contribution in [3.05, 3.63) is 56.9 Å². The number of aliphatic carboxylic acids is 1. The van der Waals surface area contributed by atoms with E-state index in [0.717, 1.165) is 11.8 Å². The van der Waals surface area contributed by atoms with E-state index in [1.807, 2.05) is 0 Å². The summed E-state index contributed by atoms with van der Waals surface area (Å²) in [5, 5.41) is 29.8. The van der Waals surface area contributed by atoms with Crippen LogP contribution < -0.4 is 5.73 Å². The van der Waals surface area contributed by atoms with Gasteiger partial charge in [-0.1, -0.05) is 0 Å². The van der Waals surface area contributed by atoms with Crippen LogP contribution in [0.4, 0.5) is 11.4 Å². The molecule has 0 aliphatic heterocycles. The summed E-state index contributed by atoms with van der Waals surface area (Å²) in [6.45, 7) is 0. The highest BCUT2D eigenvalue weighted by atomic mass is 32.2. The van der Waals surface area contributed by atoms with E-state index in [0.29, 0.717) is 0 Å². The van der Waals surface area contributed by atoms with Crippen LogP contribution in [0.1, 0.15) is 0 Å². The fraction of sp³-hybridized carbons (Fsp3) is 0.154. The molecule has 0 saturated heterocycles. The van der Waals surface area contributed by atoms with Gasteiger partial charge in [-0.25, -0.2) is 9.97 Å². The predicted molar refractivity (Wildman–Crippen MR) is 95.4 cm³/mol. The first kappa shape index (κ1) is 21.3. The lowest BCUT2D eigenvalue weighted by molar-refractivity contribution is -0.388. The number of carboxylic acids is 1. The number of carboxylic acid groups (broad SMARTS) is 1. The monoisotopic (exact) mass is 399 g/mol. The van der Waals surface area contributed by atoms with Crippen LogP contribution in [0.25, 0.3) is 0 Å². The van der Waals surface area contributed by atoms with E-state index in [1.54, 1.807) is 0 Å². The van der Waals surface area contributed by atoms with Crippen molar-refractivity contribution >= 4 is 41.7 Å². The van der Waals surface area contributed by atoms with Crippen molar-refractivity contribution in [2.24, 2.45) is 5.73 Å². The Morgan fingerprint density at radius 2 is 1.58 bits per heavy atom. The Kier molecular flexibility index (Phi) is 8.41. The molecule has 11 nitrogen and oxygen atoms in total. The highest BCUT2D eigenvalue weighted by Crippen LogP contribution is 2.35. The van der Waals surface area contributed by atoms with E-state index in [1.165, 1.54) is 36.7 Å². The minimum Gasteiger partial charge on any atom is -0.480 e. The van der Waals surface area contributed by atoms with Gasteiger partial charge in [0, 0.05) is 30.3 Å². The third-order valence-electron chi connectivity index (χ3n) is 2.60. The summed E-state index contributed by atoms with van der Waals surface area (Å²) < 4.78 is 0. The van der Waals surface area contributed by atoms with Crippen molar-refractivity contribution in [2.75, 3.05) is 5.75 Å². The second-order valence-electron chi connectivity index (χ2n) is 4.40.